The number of nitrogens with zero attached hydrogens (tertiary/aromatic N) is 1. The second-order valence-electron chi connectivity index (χ2n) is 11.5. The number of amides is 3. The van der Waals surface area contributed by atoms with Crippen LogP contribution >= 0.6 is 0 Å². The minimum absolute atomic E-state index is 0.0681. The maximum atomic E-state index is 13.5. The molecule has 5 rings (SSSR count). The zero-order valence-corrected chi connectivity index (χ0v) is 25.2. The van der Waals surface area contributed by atoms with Crippen LogP contribution in [0.1, 0.15) is 43.2 Å². The van der Waals surface area contributed by atoms with E-state index in [1.54, 1.807) is 4.90 Å². The van der Waals surface area contributed by atoms with Crippen molar-refractivity contribution in [2.24, 2.45) is 5.73 Å². The number of unbranched alkanes of at least 4 members (excludes halogenated alkanes) is 1. The van der Waals surface area contributed by atoms with Crippen molar-refractivity contribution in [1.82, 2.24) is 15.5 Å². The molecule has 0 saturated carbocycles. The molecule has 1 saturated heterocycles. The van der Waals surface area contributed by atoms with Gasteiger partial charge < -0.3 is 21.3 Å². The van der Waals surface area contributed by atoms with Crippen LogP contribution in [-0.2, 0) is 27.2 Å². The molecule has 1 heterocycles. The molecular formula is C37H42N4O3. The molecule has 2 atom stereocenters. The molecular weight excluding hydrogens is 548 g/mol. The van der Waals surface area contributed by atoms with Crippen molar-refractivity contribution in [1.29, 1.82) is 0 Å². The number of hydrogen-bond donors (Lipinski definition) is 3. The van der Waals surface area contributed by atoms with Gasteiger partial charge in [-0.15, -0.1) is 0 Å². The van der Waals surface area contributed by atoms with Crippen LogP contribution in [0.25, 0.3) is 21.9 Å². The monoisotopic (exact) mass is 590 g/mol. The van der Waals surface area contributed by atoms with Gasteiger partial charge in [0.1, 0.15) is 12.1 Å². The molecule has 1 aliphatic rings. The normalized spacial score (nSPS) is 15.2. The summed E-state index contributed by atoms with van der Waals surface area (Å²) in [6.07, 6.45) is 4.25. The van der Waals surface area contributed by atoms with Crippen molar-refractivity contribution in [3.63, 3.8) is 0 Å². The van der Waals surface area contributed by atoms with Crippen molar-refractivity contribution >= 4 is 28.5 Å². The van der Waals surface area contributed by atoms with E-state index in [0.717, 1.165) is 46.7 Å². The average molecular weight is 591 g/mol. The smallest absolute Gasteiger partial charge is 0.243 e. The van der Waals surface area contributed by atoms with Gasteiger partial charge >= 0.3 is 0 Å². The Balaban J connectivity index is 1.17. The summed E-state index contributed by atoms with van der Waals surface area (Å²) in [5, 5.41) is 8.14. The van der Waals surface area contributed by atoms with Gasteiger partial charge in [-0.3, -0.25) is 14.4 Å². The lowest BCUT2D eigenvalue weighted by molar-refractivity contribution is -0.139. The van der Waals surface area contributed by atoms with Crippen LogP contribution in [0.5, 0.6) is 0 Å². The Morgan fingerprint density at radius 2 is 1.57 bits per heavy atom. The number of carbonyl (C=O) groups is 3. The highest BCUT2D eigenvalue weighted by molar-refractivity contribution is 5.94. The minimum atomic E-state index is -0.676. The molecule has 0 spiro atoms. The Labute approximate surface area is 259 Å². The number of benzene rings is 4. The molecule has 4 aromatic carbocycles. The summed E-state index contributed by atoms with van der Waals surface area (Å²) in [7, 11) is 0. The van der Waals surface area contributed by atoms with Gasteiger partial charge in [0.15, 0.2) is 0 Å². The predicted molar refractivity (Wildman–Crippen MR) is 176 cm³/mol. The Morgan fingerprint density at radius 3 is 2.36 bits per heavy atom. The predicted octanol–water partition coefficient (Wildman–Crippen LogP) is 5.01. The van der Waals surface area contributed by atoms with Crippen molar-refractivity contribution < 1.29 is 14.4 Å². The first-order valence-electron chi connectivity index (χ1n) is 15.7. The van der Waals surface area contributed by atoms with Gasteiger partial charge in [0.2, 0.25) is 17.7 Å². The number of nitrogens with one attached hydrogen (secondary N) is 2. The first kappa shape index (κ1) is 31.0. The van der Waals surface area contributed by atoms with Crippen molar-refractivity contribution in [2.45, 2.75) is 57.0 Å². The lowest BCUT2D eigenvalue weighted by atomic mass is 10.0. The van der Waals surface area contributed by atoms with Crippen LogP contribution in [0, 0.1) is 0 Å². The fourth-order valence-electron chi connectivity index (χ4n) is 6.03. The molecule has 4 N–H and O–H groups in total. The largest absolute Gasteiger partial charge is 0.354 e. The third kappa shape index (κ3) is 7.91. The highest BCUT2D eigenvalue weighted by Crippen LogP contribution is 2.23. The molecule has 7 heteroatoms. The third-order valence-electron chi connectivity index (χ3n) is 8.45. The summed E-state index contributed by atoms with van der Waals surface area (Å²) in [4.78, 5) is 41.9. The molecule has 7 nitrogen and oxygen atoms in total. The number of carbonyl (C=O) groups excluding carboxylic acids is 3. The van der Waals surface area contributed by atoms with Gasteiger partial charge in [0.05, 0.1) is 6.42 Å². The van der Waals surface area contributed by atoms with E-state index in [2.05, 4.69) is 47.0 Å². The molecule has 0 aromatic heterocycles. The zero-order chi connectivity index (χ0) is 30.7. The Morgan fingerprint density at radius 1 is 0.841 bits per heavy atom. The molecule has 44 heavy (non-hydrogen) atoms. The van der Waals surface area contributed by atoms with E-state index in [9.17, 15) is 14.4 Å². The van der Waals surface area contributed by atoms with E-state index in [4.69, 9.17) is 5.73 Å². The number of fused-ring (bicyclic) bond motifs is 1. The number of hydrogen-bond acceptors (Lipinski definition) is 4. The highest BCUT2D eigenvalue weighted by atomic mass is 16.2. The minimum Gasteiger partial charge on any atom is -0.354 e. The van der Waals surface area contributed by atoms with Gasteiger partial charge in [-0.25, -0.2) is 0 Å². The molecule has 228 valence electrons. The zero-order valence-electron chi connectivity index (χ0n) is 25.2. The average Bonchev–Trinajstić information content (AvgIpc) is 3.56. The molecule has 0 bridgehead atoms. The van der Waals surface area contributed by atoms with Crippen molar-refractivity contribution in [3.05, 3.63) is 108 Å². The third-order valence-corrected chi connectivity index (χ3v) is 8.45. The summed E-state index contributed by atoms with van der Waals surface area (Å²) >= 11 is 0. The van der Waals surface area contributed by atoms with Gasteiger partial charge in [-0.2, -0.15) is 0 Å². The van der Waals surface area contributed by atoms with E-state index < -0.39 is 12.1 Å². The molecule has 0 unspecified atom stereocenters. The quantitative estimate of drug-likeness (QED) is 0.190. The van der Waals surface area contributed by atoms with Gasteiger partial charge in [0.25, 0.3) is 0 Å². The van der Waals surface area contributed by atoms with E-state index in [0.29, 0.717) is 38.9 Å². The van der Waals surface area contributed by atoms with Gasteiger partial charge in [-0.05, 0) is 78.1 Å². The maximum absolute atomic E-state index is 13.5. The van der Waals surface area contributed by atoms with Crippen LogP contribution < -0.4 is 16.4 Å². The molecule has 3 amide bonds. The van der Waals surface area contributed by atoms with Crippen LogP contribution in [0.2, 0.25) is 0 Å². The lowest BCUT2D eigenvalue weighted by Crippen LogP contribution is -2.53. The van der Waals surface area contributed by atoms with E-state index in [1.807, 2.05) is 60.7 Å². The topological polar surface area (TPSA) is 105 Å². The number of likely N-dealkylation sites (tertiary alicyclic amines) is 1. The fraction of sp³-hybridized carbons (Fsp3) is 0.324. The standard InChI is InChI=1S/C37H42N4O3/c38-23-7-6-16-33(36(43)39-24-22-27-18-20-29(21-19-27)28-10-2-1-3-11-28)40-37(44)34-17-9-25-41(34)35(42)26-31-14-8-13-30-12-4-5-15-32(30)31/h1-5,8,10-15,18-21,33-34H,6-7,9,16-17,22-26,38H2,(H,39,43)(H,40,44)/t33-,34-/m0/s1. The first-order chi connectivity index (χ1) is 21.5. The molecule has 0 radical (unpaired) electrons. The first-order valence-corrected chi connectivity index (χ1v) is 15.7. The van der Waals surface area contributed by atoms with E-state index in [-0.39, 0.29) is 24.1 Å². The summed E-state index contributed by atoms with van der Waals surface area (Å²) in [5.74, 6) is -0.539. The van der Waals surface area contributed by atoms with Crippen LogP contribution in [0.3, 0.4) is 0 Å². The second-order valence-corrected chi connectivity index (χ2v) is 11.5. The Bertz CT molecular complexity index is 1550. The van der Waals surface area contributed by atoms with E-state index >= 15 is 0 Å². The van der Waals surface area contributed by atoms with Crippen molar-refractivity contribution in [2.75, 3.05) is 19.6 Å². The Kier molecular flexibility index (Phi) is 10.8. The molecule has 1 aliphatic heterocycles. The number of nitrogens with two attached hydrogens (primary N) is 1. The van der Waals surface area contributed by atoms with E-state index in [1.165, 1.54) is 5.56 Å². The van der Waals surface area contributed by atoms with Crippen molar-refractivity contribution in [3.8, 4) is 11.1 Å². The molecule has 0 aliphatic carbocycles. The summed E-state index contributed by atoms with van der Waals surface area (Å²) in [5.41, 5.74) is 10.1. The SMILES string of the molecule is NCCCC[C@H](NC(=O)[C@@H]1CCCN1C(=O)Cc1cccc2ccccc12)C(=O)NCCc1ccc(-c2ccccc2)cc1. The second kappa shape index (κ2) is 15.3. The van der Waals surface area contributed by atoms with Crippen LogP contribution in [0.15, 0.2) is 97.1 Å². The summed E-state index contributed by atoms with van der Waals surface area (Å²) < 4.78 is 0. The molecule has 1 fully saturated rings. The summed E-state index contributed by atoms with van der Waals surface area (Å²) in [6, 6.07) is 31.3. The lowest BCUT2D eigenvalue weighted by Gasteiger charge is -2.27. The van der Waals surface area contributed by atoms with Gasteiger partial charge in [0, 0.05) is 13.1 Å². The van der Waals surface area contributed by atoms with Gasteiger partial charge in [-0.1, -0.05) is 97.1 Å². The van der Waals surface area contributed by atoms with Crippen LogP contribution in [-0.4, -0.2) is 54.3 Å². The fourth-order valence-corrected chi connectivity index (χ4v) is 6.03. The Hall–Kier alpha value is -4.49. The highest BCUT2D eigenvalue weighted by Gasteiger charge is 2.35. The van der Waals surface area contributed by atoms with Crippen LogP contribution in [0.4, 0.5) is 0 Å². The summed E-state index contributed by atoms with van der Waals surface area (Å²) in [6.45, 7) is 1.53. The maximum Gasteiger partial charge on any atom is 0.243 e. The number of rotatable bonds is 13. The molecule has 4 aromatic rings.